The summed E-state index contributed by atoms with van der Waals surface area (Å²) in [5.74, 6) is 1.64. The number of nitrogens with zero attached hydrogens (tertiary/aromatic N) is 2. The quantitative estimate of drug-likeness (QED) is 0.783. The van der Waals surface area contributed by atoms with Crippen LogP contribution in [-0.4, -0.2) is 34.8 Å². The molecule has 4 nitrogen and oxygen atoms in total. The molecule has 1 aromatic heterocycles. The molecule has 1 aliphatic carbocycles. The number of likely N-dealkylation sites (tertiary alicyclic amines) is 1. The minimum atomic E-state index is -0.214. The number of hydrogen-bond donors (Lipinski definition) is 0. The van der Waals surface area contributed by atoms with Crippen LogP contribution in [0.15, 0.2) is 40.8 Å². The maximum absolute atomic E-state index is 13.6. The standard InChI is InChI=1S/C21H25FN2O2/c1-15-7-10-19(26-15)13-24(18-8-9-18)21(25)14-23-11-3-6-20(23)16-4-2-5-17(22)12-16/h2,4-5,7,10,12,18,20H,3,6,8-9,11,13-14H2,1H3. The van der Waals surface area contributed by atoms with Gasteiger partial charge in [0.1, 0.15) is 17.3 Å². The Bertz CT molecular complexity index is 784. The van der Waals surface area contributed by atoms with Gasteiger partial charge in [0.2, 0.25) is 5.91 Å². The van der Waals surface area contributed by atoms with Gasteiger partial charge < -0.3 is 9.32 Å². The summed E-state index contributed by atoms with van der Waals surface area (Å²) in [6.45, 7) is 3.72. The molecule has 26 heavy (non-hydrogen) atoms. The van der Waals surface area contributed by atoms with Crippen LogP contribution in [0.5, 0.6) is 0 Å². The molecule has 5 heteroatoms. The van der Waals surface area contributed by atoms with Gasteiger partial charge >= 0.3 is 0 Å². The highest BCUT2D eigenvalue weighted by molar-refractivity contribution is 5.79. The molecule has 1 unspecified atom stereocenters. The lowest BCUT2D eigenvalue weighted by Crippen LogP contribution is -2.41. The van der Waals surface area contributed by atoms with Crippen molar-refractivity contribution < 1.29 is 13.6 Å². The molecule has 1 aromatic carbocycles. The zero-order valence-corrected chi connectivity index (χ0v) is 15.2. The molecule has 0 spiro atoms. The summed E-state index contributed by atoms with van der Waals surface area (Å²) in [6, 6.07) is 11.1. The molecule has 1 saturated carbocycles. The molecule has 1 saturated heterocycles. The van der Waals surface area contributed by atoms with E-state index >= 15 is 0 Å². The Balaban J connectivity index is 1.45. The van der Waals surface area contributed by atoms with E-state index in [0.717, 1.165) is 49.3 Å². The number of hydrogen-bond acceptors (Lipinski definition) is 3. The number of halogens is 1. The Kier molecular flexibility index (Phi) is 4.81. The molecule has 138 valence electrons. The summed E-state index contributed by atoms with van der Waals surface area (Å²) >= 11 is 0. The Hall–Kier alpha value is -2.14. The van der Waals surface area contributed by atoms with Crippen LogP contribution >= 0.6 is 0 Å². The summed E-state index contributed by atoms with van der Waals surface area (Å²) in [5.41, 5.74) is 0.968. The summed E-state index contributed by atoms with van der Waals surface area (Å²) in [7, 11) is 0. The molecule has 2 heterocycles. The summed E-state index contributed by atoms with van der Waals surface area (Å²) < 4.78 is 19.3. The molecule has 0 N–H and O–H groups in total. The number of carbonyl (C=O) groups is 1. The van der Waals surface area contributed by atoms with E-state index in [2.05, 4.69) is 4.90 Å². The van der Waals surface area contributed by atoms with Gasteiger partial charge in [-0.3, -0.25) is 9.69 Å². The fourth-order valence-electron chi connectivity index (χ4n) is 3.92. The maximum atomic E-state index is 13.6. The van der Waals surface area contributed by atoms with Gasteiger partial charge in [0, 0.05) is 12.1 Å². The Morgan fingerprint density at radius 3 is 2.81 bits per heavy atom. The highest BCUT2D eigenvalue weighted by atomic mass is 19.1. The molecule has 4 rings (SSSR count). The molecular weight excluding hydrogens is 331 g/mol. The van der Waals surface area contributed by atoms with Crippen LogP contribution < -0.4 is 0 Å². The van der Waals surface area contributed by atoms with E-state index in [1.54, 1.807) is 12.1 Å². The van der Waals surface area contributed by atoms with E-state index in [4.69, 9.17) is 4.42 Å². The molecule has 1 aliphatic heterocycles. The molecule has 0 bridgehead atoms. The van der Waals surface area contributed by atoms with Crippen molar-refractivity contribution in [2.45, 2.75) is 51.2 Å². The van der Waals surface area contributed by atoms with Gasteiger partial charge in [-0.1, -0.05) is 12.1 Å². The minimum Gasteiger partial charge on any atom is -0.464 e. The first-order chi connectivity index (χ1) is 12.6. The predicted molar refractivity (Wildman–Crippen MR) is 97.0 cm³/mol. The number of furan rings is 1. The molecule has 1 amide bonds. The van der Waals surface area contributed by atoms with Crippen LogP contribution in [-0.2, 0) is 11.3 Å². The minimum absolute atomic E-state index is 0.126. The first-order valence-electron chi connectivity index (χ1n) is 9.44. The van der Waals surface area contributed by atoms with Crippen molar-refractivity contribution in [3.63, 3.8) is 0 Å². The van der Waals surface area contributed by atoms with Crippen molar-refractivity contribution in [3.05, 3.63) is 59.3 Å². The second-order valence-electron chi connectivity index (χ2n) is 7.45. The normalized spacial score (nSPS) is 20.5. The summed E-state index contributed by atoms with van der Waals surface area (Å²) in [5, 5.41) is 0. The average Bonchev–Trinajstić information content (AvgIpc) is 3.21. The average molecular weight is 356 g/mol. The van der Waals surface area contributed by atoms with Gasteiger partial charge in [0.05, 0.1) is 13.1 Å². The topological polar surface area (TPSA) is 36.7 Å². The van der Waals surface area contributed by atoms with E-state index in [1.807, 2.05) is 30.0 Å². The van der Waals surface area contributed by atoms with Crippen LogP contribution in [0, 0.1) is 12.7 Å². The Morgan fingerprint density at radius 2 is 2.12 bits per heavy atom. The number of aryl methyl sites for hydroxylation is 1. The molecular formula is C21H25FN2O2. The fourth-order valence-corrected chi connectivity index (χ4v) is 3.92. The SMILES string of the molecule is Cc1ccc(CN(C(=O)CN2CCCC2c2cccc(F)c2)C2CC2)o1. The van der Waals surface area contributed by atoms with Gasteiger partial charge in [-0.05, 0) is 69.0 Å². The van der Waals surface area contributed by atoms with Gasteiger partial charge in [-0.2, -0.15) is 0 Å². The van der Waals surface area contributed by atoms with E-state index in [0.29, 0.717) is 19.1 Å². The van der Waals surface area contributed by atoms with Gasteiger partial charge in [-0.25, -0.2) is 4.39 Å². The first kappa shape index (κ1) is 17.3. The second kappa shape index (κ2) is 7.23. The lowest BCUT2D eigenvalue weighted by molar-refractivity contribution is -0.134. The smallest absolute Gasteiger partial charge is 0.237 e. The summed E-state index contributed by atoms with van der Waals surface area (Å²) in [6.07, 6.45) is 4.14. The van der Waals surface area contributed by atoms with Crippen LogP contribution in [0.2, 0.25) is 0 Å². The van der Waals surface area contributed by atoms with Crippen molar-refractivity contribution in [1.82, 2.24) is 9.80 Å². The first-order valence-corrected chi connectivity index (χ1v) is 9.44. The van der Waals surface area contributed by atoms with E-state index < -0.39 is 0 Å². The van der Waals surface area contributed by atoms with Crippen LogP contribution in [0.1, 0.15) is 48.8 Å². The monoisotopic (exact) mass is 356 g/mol. The fraction of sp³-hybridized carbons (Fsp3) is 0.476. The number of amides is 1. The Morgan fingerprint density at radius 1 is 1.27 bits per heavy atom. The highest BCUT2D eigenvalue weighted by Gasteiger charge is 2.35. The third-order valence-electron chi connectivity index (χ3n) is 5.37. The lowest BCUT2D eigenvalue weighted by atomic mass is 10.0. The zero-order chi connectivity index (χ0) is 18.1. The molecule has 2 fully saturated rings. The predicted octanol–water partition coefficient (Wildman–Crippen LogP) is 4.06. The molecule has 0 radical (unpaired) electrons. The second-order valence-corrected chi connectivity index (χ2v) is 7.45. The zero-order valence-electron chi connectivity index (χ0n) is 15.2. The van der Waals surface area contributed by atoms with Gasteiger partial charge in [-0.15, -0.1) is 0 Å². The van der Waals surface area contributed by atoms with Crippen LogP contribution in [0.25, 0.3) is 0 Å². The Labute approximate surface area is 153 Å². The van der Waals surface area contributed by atoms with E-state index in [1.165, 1.54) is 6.07 Å². The largest absolute Gasteiger partial charge is 0.464 e. The van der Waals surface area contributed by atoms with E-state index in [-0.39, 0.29) is 17.8 Å². The maximum Gasteiger partial charge on any atom is 0.237 e. The van der Waals surface area contributed by atoms with Crippen molar-refractivity contribution in [1.29, 1.82) is 0 Å². The highest BCUT2D eigenvalue weighted by Crippen LogP contribution is 2.33. The lowest BCUT2D eigenvalue weighted by Gasteiger charge is -2.28. The van der Waals surface area contributed by atoms with Crippen molar-refractivity contribution in [3.8, 4) is 0 Å². The van der Waals surface area contributed by atoms with Crippen LogP contribution in [0.4, 0.5) is 4.39 Å². The third kappa shape index (κ3) is 3.83. The molecule has 2 aromatic rings. The van der Waals surface area contributed by atoms with Gasteiger partial charge in [0.25, 0.3) is 0 Å². The van der Waals surface area contributed by atoms with Crippen LogP contribution in [0.3, 0.4) is 0 Å². The van der Waals surface area contributed by atoms with Crippen molar-refractivity contribution >= 4 is 5.91 Å². The summed E-state index contributed by atoms with van der Waals surface area (Å²) in [4.78, 5) is 17.2. The number of rotatable bonds is 6. The molecule has 1 atom stereocenters. The molecule has 2 aliphatic rings. The number of carbonyl (C=O) groups excluding carboxylic acids is 1. The van der Waals surface area contributed by atoms with Crippen molar-refractivity contribution in [2.75, 3.05) is 13.1 Å². The van der Waals surface area contributed by atoms with Gasteiger partial charge in [0.15, 0.2) is 0 Å². The number of benzene rings is 1. The van der Waals surface area contributed by atoms with Crippen molar-refractivity contribution in [2.24, 2.45) is 0 Å². The third-order valence-corrected chi connectivity index (χ3v) is 5.37. The van der Waals surface area contributed by atoms with E-state index in [9.17, 15) is 9.18 Å².